The Bertz CT molecular complexity index is 767. The zero-order valence-corrected chi connectivity index (χ0v) is 13.7. The van der Waals surface area contributed by atoms with Crippen LogP contribution in [0.3, 0.4) is 0 Å². The van der Waals surface area contributed by atoms with Crippen LogP contribution in [0, 0.1) is 11.6 Å². The van der Waals surface area contributed by atoms with Crippen LogP contribution in [0.4, 0.5) is 8.78 Å². The van der Waals surface area contributed by atoms with Crippen molar-refractivity contribution in [2.45, 2.75) is 20.0 Å². The highest BCUT2D eigenvalue weighted by Crippen LogP contribution is 2.33. The molecule has 5 heteroatoms. The molecule has 0 atom stereocenters. The minimum absolute atomic E-state index is 0.0845. The summed E-state index contributed by atoms with van der Waals surface area (Å²) in [5.74, 6) is -1.15. The molecule has 0 aliphatic rings. The average Bonchev–Trinajstić information content (AvgIpc) is 2.53. The Morgan fingerprint density at radius 3 is 2.54 bits per heavy atom. The van der Waals surface area contributed by atoms with Crippen molar-refractivity contribution in [3.8, 4) is 11.5 Å². The van der Waals surface area contributed by atoms with Gasteiger partial charge in [-0.25, -0.2) is 8.78 Å². The number of halogens is 2. The van der Waals surface area contributed by atoms with Gasteiger partial charge in [0.05, 0.1) is 18.8 Å². The van der Waals surface area contributed by atoms with E-state index in [1.54, 1.807) is 18.2 Å². The molecule has 126 valence electrons. The Morgan fingerprint density at radius 1 is 1.17 bits per heavy atom. The largest absolute Gasteiger partial charge is 0.493 e. The third-order valence-electron chi connectivity index (χ3n) is 3.19. The average molecular weight is 332 g/mol. The van der Waals surface area contributed by atoms with Crippen molar-refractivity contribution in [3.63, 3.8) is 0 Å². The molecule has 0 aromatic heterocycles. The first-order valence-corrected chi connectivity index (χ1v) is 7.43. The Kier molecular flexibility index (Phi) is 5.68. The van der Waals surface area contributed by atoms with Crippen molar-refractivity contribution >= 4 is 11.9 Å². The summed E-state index contributed by atoms with van der Waals surface area (Å²) in [6.07, 6.45) is 2.66. The van der Waals surface area contributed by atoms with Gasteiger partial charge in [0.25, 0.3) is 0 Å². The summed E-state index contributed by atoms with van der Waals surface area (Å²) in [6.45, 7) is 3.75. The number of para-hydroxylation sites is 1. The van der Waals surface area contributed by atoms with Crippen LogP contribution in [0.15, 0.2) is 42.5 Å². The molecule has 0 unspecified atom stereocenters. The molecule has 0 radical (unpaired) electrons. The molecule has 2 aromatic rings. The highest BCUT2D eigenvalue weighted by Gasteiger charge is 2.13. The van der Waals surface area contributed by atoms with E-state index in [0.717, 1.165) is 12.1 Å². The summed E-state index contributed by atoms with van der Waals surface area (Å²) in [7, 11) is 1.52. The van der Waals surface area contributed by atoms with Crippen LogP contribution < -0.4 is 9.47 Å². The molecule has 0 saturated carbocycles. The monoisotopic (exact) mass is 332 g/mol. The van der Waals surface area contributed by atoms with Crippen LogP contribution >= 0.6 is 0 Å². The Morgan fingerprint density at radius 2 is 1.92 bits per heavy atom. The Balaban J connectivity index is 2.32. The summed E-state index contributed by atoms with van der Waals surface area (Å²) in [5.41, 5.74) is 0.431. The van der Waals surface area contributed by atoms with Gasteiger partial charge in [0, 0.05) is 11.6 Å². The molecule has 0 amide bonds. The number of ether oxygens (including phenoxy) is 2. The predicted octanol–water partition coefficient (Wildman–Crippen LogP) is 4.66. The minimum atomic E-state index is -0.894. The van der Waals surface area contributed by atoms with Gasteiger partial charge in [-0.3, -0.25) is 4.79 Å². The van der Waals surface area contributed by atoms with E-state index >= 15 is 0 Å². The fraction of sp³-hybridized carbons (Fsp3) is 0.211. The molecule has 0 bridgehead atoms. The van der Waals surface area contributed by atoms with Crippen LogP contribution in [0.25, 0.3) is 6.08 Å². The highest BCUT2D eigenvalue weighted by molar-refractivity contribution is 6.07. The number of benzene rings is 2. The van der Waals surface area contributed by atoms with Gasteiger partial charge in [0.15, 0.2) is 17.3 Å². The van der Waals surface area contributed by atoms with Crippen LogP contribution in [0.2, 0.25) is 0 Å². The molecular weight excluding hydrogens is 314 g/mol. The topological polar surface area (TPSA) is 35.5 Å². The van der Waals surface area contributed by atoms with Crippen molar-refractivity contribution in [1.29, 1.82) is 0 Å². The van der Waals surface area contributed by atoms with E-state index in [0.29, 0.717) is 23.1 Å². The van der Waals surface area contributed by atoms with Crippen LogP contribution in [0.5, 0.6) is 11.5 Å². The van der Waals surface area contributed by atoms with E-state index in [1.807, 2.05) is 13.8 Å². The second kappa shape index (κ2) is 7.73. The van der Waals surface area contributed by atoms with E-state index in [4.69, 9.17) is 9.47 Å². The lowest BCUT2D eigenvalue weighted by Crippen LogP contribution is -2.08. The maximum atomic E-state index is 13.7. The van der Waals surface area contributed by atoms with Crippen LogP contribution in [0.1, 0.15) is 29.8 Å². The van der Waals surface area contributed by atoms with E-state index in [1.165, 1.54) is 19.3 Å². The number of ketones is 1. The first-order valence-electron chi connectivity index (χ1n) is 7.43. The SMILES string of the molecule is COc1cccc(/C=C/C(=O)c2ccc(F)cc2F)c1OC(C)C. The molecule has 0 aliphatic carbocycles. The van der Waals surface area contributed by atoms with Gasteiger partial charge in [0.2, 0.25) is 0 Å². The molecule has 3 nitrogen and oxygen atoms in total. The lowest BCUT2D eigenvalue weighted by molar-refractivity contribution is 0.104. The molecule has 0 fully saturated rings. The summed E-state index contributed by atoms with van der Waals surface area (Å²) < 4.78 is 37.6. The van der Waals surface area contributed by atoms with Crippen molar-refractivity contribution in [2.75, 3.05) is 7.11 Å². The molecule has 2 aromatic carbocycles. The van der Waals surface area contributed by atoms with Crippen molar-refractivity contribution < 1.29 is 23.0 Å². The zero-order valence-electron chi connectivity index (χ0n) is 13.7. The fourth-order valence-electron chi connectivity index (χ4n) is 2.13. The molecule has 0 spiro atoms. The molecule has 0 N–H and O–H groups in total. The van der Waals surface area contributed by atoms with Gasteiger partial charge < -0.3 is 9.47 Å². The summed E-state index contributed by atoms with van der Waals surface area (Å²) in [5, 5.41) is 0. The van der Waals surface area contributed by atoms with Gasteiger partial charge in [-0.2, -0.15) is 0 Å². The number of rotatable bonds is 6. The highest BCUT2D eigenvalue weighted by atomic mass is 19.1. The predicted molar refractivity (Wildman–Crippen MR) is 88.5 cm³/mol. The quantitative estimate of drug-likeness (QED) is 0.570. The number of carbonyl (C=O) groups is 1. The number of hydrogen-bond donors (Lipinski definition) is 0. The number of carbonyl (C=O) groups excluding carboxylic acids is 1. The standard InChI is InChI=1S/C19H18F2O3/c1-12(2)24-19-13(5-4-6-18(19)23-3)7-10-17(22)15-9-8-14(20)11-16(15)21/h4-12H,1-3H3/b10-7+. The summed E-state index contributed by atoms with van der Waals surface area (Å²) in [4.78, 5) is 12.1. The second-order valence-corrected chi connectivity index (χ2v) is 5.37. The molecule has 24 heavy (non-hydrogen) atoms. The van der Waals surface area contributed by atoms with Crippen LogP contribution in [-0.2, 0) is 0 Å². The van der Waals surface area contributed by atoms with Crippen LogP contribution in [-0.4, -0.2) is 19.0 Å². The van der Waals surface area contributed by atoms with E-state index in [9.17, 15) is 13.6 Å². The smallest absolute Gasteiger partial charge is 0.188 e. The van der Waals surface area contributed by atoms with Crippen molar-refractivity contribution in [1.82, 2.24) is 0 Å². The number of methoxy groups -OCH3 is 1. The third kappa shape index (κ3) is 4.19. The van der Waals surface area contributed by atoms with Crippen molar-refractivity contribution in [3.05, 3.63) is 65.2 Å². The maximum absolute atomic E-state index is 13.7. The zero-order chi connectivity index (χ0) is 17.7. The Hall–Kier alpha value is -2.69. The third-order valence-corrected chi connectivity index (χ3v) is 3.19. The number of allylic oxidation sites excluding steroid dienone is 1. The van der Waals surface area contributed by atoms with E-state index in [2.05, 4.69) is 0 Å². The first kappa shape index (κ1) is 17.7. The molecule has 0 aliphatic heterocycles. The van der Waals surface area contributed by atoms with E-state index < -0.39 is 17.4 Å². The summed E-state index contributed by atoms with van der Waals surface area (Å²) >= 11 is 0. The molecule has 0 heterocycles. The lowest BCUT2D eigenvalue weighted by atomic mass is 10.1. The summed E-state index contributed by atoms with van der Waals surface area (Å²) in [6, 6.07) is 8.10. The molecule has 2 rings (SSSR count). The number of hydrogen-bond acceptors (Lipinski definition) is 3. The Labute approximate surface area is 139 Å². The van der Waals surface area contributed by atoms with E-state index in [-0.39, 0.29) is 11.7 Å². The first-order chi connectivity index (χ1) is 11.4. The van der Waals surface area contributed by atoms with Crippen molar-refractivity contribution in [2.24, 2.45) is 0 Å². The molecule has 0 saturated heterocycles. The van der Waals surface area contributed by atoms with Gasteiger partial charge in [0.1, 0.15) is 11.6 Å². The van der Waals surface area contributed by atoms with Gasteiger partial charge in [-0.15, -0.1) is 0 Å². The molecular formula is C19H18F2O3. The lowest BCUT2D eigenvalue weighted by Gasteiger charge is -2.15. The van der Waals surface area contributed by atoms with Gasteiger partial charge in [-0.05, 0) is 44.2 Å². The van der Waals surface area contributed by atoms with Gasteiger partial charge >= 0.3 is 0 Å². The normalized spacial score (nSPS) is 11.1. The minimum Gasteiger partial charge on any atom is -0.493 e. The maximum Gasteiger partial charge on any atom is 0.188 e. The second-order valence-electron chi connectivity index (χ2n) is 5.37. The van der Waals surface area contributed by atoms with Gasteiger partial charge in [-0.1, -0.05) is 12.1 Å². The fourth-order valence-corrected chi connectivity index (χ4v) is 2.13.